The molecule has 0 aliphatic carbocycles. The zero-order valence-corrected chi connectivity index (χ0v) is 9.20. The van der Waals surface area contributed by atoms with Gasteiger partial charge in [-0.3, -0.25) is 9.78 Å². The molecule has 3 aromatic heterocycles. The summed E-state index contributed by atoms with van der Waals surface area (Å²) in [5, 5.41) is 3.84. The number of nitrogens with one attached hydrogen (secondary N) is 1. The van der Waals surface area contributed by atoms with Crippen molar-refractivity contribution in [1.82, 2.24) is 20.1 Å². The second-order valence-corrected chi connectivity index (χ2v) is 3.61. The summed E-state index contributed by atoms with van der Waals surface area (Å²) in [5.74, 6) is 0.748. The largest absolute Gasteiger partial charge is 0.334 e. The lowest BCUT2D eigenvalue weighted by Gasteiger charge is -1.91. The van der Waals surface area contributed by atoms with Crippen LogP contribution in [-0.4, -0.2) is 20.1 Å². The first-order chi connectivity index (χ1) is 8.83. The van der Waals surface area contributed by atoms with Gasteiger partial charge in [-0.15, -0.1) is 0 Å². The van der Waals surface area contributed by atoms with Crippen LogP contribution < -0.4 is 5.56 Å². The Balaban J connectivity index is 2.02. The number of hydrogen-bond donors (Lipinski definition) is 1. The van der Waals surface area contributed by atoms with Gasteiger partial charge in [-0.25, -0.2) is 0 Å². The van der Waals surface area contributed by atoms with Crippen LogP contribution in [0.5, 0.6) is 0 Å². The van der Waals surface area contributed by atoms with E-state index in [9.17, 15) is 4.79 Å². The first-order valence-corrected chi connectivity index (χ1v) is 5.26. The SMILES string of the molecule is O=c1cc(-c2noc(-c3cccnc3)n2)cc[nH]1. The van der Waals surface area contributed by atoms with Crippen LogP contribution >= 0.6 is 0 Å². The van der Waals surface area contributed by atoms with Gasteiger partial charge in [-0.1, -0.05) is 5.16 Å². The zero-order valence-electron chi connectivity index (χ0n) is 9.20. The summed E-state index contributed by atoms with van der Waals surface area (Å²) >= 11 is 0. The van der Waals surface area contributed by atoms with E-state index in [1.807, 2.05) is 6.07 Å². The minimum Gasteiger partial charge on any atom is -0.334 e. The van der Waals surface area contributed by atoms with Crippen molar-refractivity contribution < 1.29 is 4.52 Å². The molecule has 0 atom stereocenters. The Kier molecular flexibility index (Phi) is 2.45. The van der Waals surface area contributed by atoms with Crippen molar-refractivity contribution in [2.24, 2.45) is 0 Å². The molecular weight excluding hydrogens is 232 g/mol. The van der Waals surface area contributed by atoms with E-state index in [1.165, 1.54) is 12.3 Å². The molecule has 0 saturated heterocycles. The average Bonchev–Trinajstić information content (AvgIpc) is 2.89. The Morgan fingerprint density at radius 3 is 2.94 bits per heavy atom. The summed E-state index contributed by atoms with van der Waals surface area (Å²) in [7, 11) is 0. The molecule has 0 fully saturated rings. The Morgan fingerprint density at radius 1 is 1.22 bits per heavy atom. The highest BCUT2D eigenvalue weighted by Gasteiger charge is 2.10. The van der Waals surface area contributed by atoms with Gasteiger partial charge >= 0.3 is 0 Å². The van der Waals surface area contributed by atoms with Gasteiger partial charge in [0, 0.05) is 30.2 Å². The van der Waals surface area contributed by atoms with Crippen LogP contribution in [0.4, 0.5) is 0 Å². The van der Waals surface area contributed by atoms with Crippen LogP contribution in [-0.2, 0) is 0 Å². The number of aromatic nitrogens is 4. The van der Waals surface area contributed by atoms with Crippen LogP contribution in [0.3, 0.4) is 0 Å². The molecule has 0 aromatic carbocycles. The van der Waals surface area contributed by atoms with Gasteiger partial charge in [0.05, 0.1) is 5.56 Å². The van der Waals surface area contributed by atoms with Crippen molar-refractivity contribution in [2.45, 2.75) is 0 Å². The highest BCUT2D eigenvalue weighted by molar-refractivity contribution is 5.58. The lowest BCUT2D eigenvalue weighted by atomic mass is 10.2. The molecule has 0 aliphatic heterocycles. The fourth-order valence-corrected chi connectivity index (χ4v) is 1.53. The number of nitrogens with zero attached hydrogens (tertiary/aromatic N) is 3. The minimum absolute atomic E-state index is 0.208. The van der Waals surface area contributed by atoms with Gasteiger partial charge in [0.1, 0.15) is 0 Å². The van der Waals surface area contributed by atoms with Crippen LogP contribution in [0.2, 0.25) is 0 Å². The molecule has 3 aromatic rings. The standard InChI is InChI=1S/C12H8N4O2/c17-10-6-8(3-5-14-10)11-15-12(18-16-11)9-2-1-4-13-7-9/h1-7H,(H,14,17). The lowest BCUT2D eigenvalue weighted by Crippen LogP contribution is -2.02. The molecule has 0 bridgehead atoms. The Bertz CT molecular complexity index is 718. The molecule has 3 heterocycles. The quantitative estimate of drug-likeness (QED) is 0.733. The predicted molar refractivity (Wildman–Crippen MR) is 63.6 cm³/mol. The second-order valence-electron chi connectivity index (χ2n) is 3.61. The van der Waals surface area contributed by atoms with E-state index in [2.05, 4.69) is 20.1 Å². The molecule has 6 nitrogen and oxygen atoms in total. The number of rotatable bonds is 2. The summed E-state index contributed by atoms with van der Waals surface area (Å²) in [4.78, 5) is 21.9. The van der Waals surface area contributed by atoms with Crippen molar-refractivity contribution in [2.75, 3.05) is 0 Å². The van der Waals surface area contributed by atoms with Crippen molar-refractivity contribution in [3.63, 3.8) is 0 Å². The maximum Gasteiger partial charge on any atom is 0.259 e. The summed E-state index contributed by atoms with van der Waals surface area (Å²) in [6.07, 6.45) is 4.84. The third-order valence-electron chi connectivity index (χ3n) is 2.37. The van der Waals surface area contributed by atoms with Gasteiger partial charge in [-0.05, 0) is 18.2 Å². The maximum atomic E-state index is 11.2. The van der Waals surface area contributed by atoms with Gasteiger partial charge in [0.2, 0.25) is 11.4 Å². The third-order valence-corrected chi connectivity index (χ3v) is 2.37. The Labute approximate surface area is 101 Å². The van der Waals surface area contributed by atoms with Crippen molar-refractivity contribution in [3.05, 3.63) is 53.2 Å². The van der Waals surface area contributed by atoms with Crippen LogP contribution in [0, 0.1) is 0 Å². The van der Waals surface area contributed by atoms with E-state index in [0.717, 1.165) is 5.56 Å². The Morgan fingerprint density at radius 2 is 2.17 bits per heavy atom. The van der Waals surface area contributed by atoms with E-state index in [1.54, 1.807) is 24.5 Å². The molecule has 0 radical (unpaired) electrons. The van der Waals surface area contributed by atoms with Gasteiger partial charge in [0.25, 0.3) is 5.89 Å². The van der Waals surface area contributed by atoms with E-state index in [-0.39, 0.29) is 5.56 Å². The molecule has 6 heteroatoms. The van der Waals surface area contributed by atoms with Gasteiger partial charge < -0.3 is 9.51 Å². The minimum atomic E-state index is -0.208. The first kappa shape index (κ1) is 10.4. The van der Waals surface area contributed by atoms with Crippen molar-refractivity contribution in [3.8, 4) is 22.8 Å². The number of H-pyrrole nitrogens is 1. The van der Waals surface area contributed by atoms with E-state index >= 15 is 0 Å². The zero-order chi connectivity index (χ0) is 12.4. The van der Waals surface area contributed by atoms with E-state index < -0.39 is 0 Å². The monoisotopic (exact) mass is 240 g/mol. The fourth-order valence-electron chi connectivity index (χ4n) is 1.53. The summed E-state index contributed by atoms with van der Waals surface area (Å²) in [5.41, 5.74) is 1.14. The first-order valence-electron chi connectivity index (χ1n) is 5.26. The van der Waals surface area contributed by atoms with Gasteiger partial charge in [0.15, 0.2) is 0 Å². The molecule has 3 rings (SSSR count). The molecule has 88 valence electrons. The highest BCUT2D eigenvalue weighted by atomic mass is 16.5. The molecule has 0 saturated carbocycles. The van der Waals surface area contributed by atoms with Crippen LogP contribution in [0.1, 0.15) is 0 Å². The molecule has 0 spiro atoms. The summed E-state index contributed by atoms with van der Waals surface area (Å²) < 4.78 is 5.13. The predicted octanol–water partition coefficient (Wildman–Crippen LogP) is 1.49. The third kappa shape index (κ3) is 1.91. The second kappa shape index (κ2) is 4.25. The maximum absolute atomic E-state index is 11.2. The smallest absolute Gasteiger partial charge is 0.259 e. The lowest BCUT2D eigenvalue weighted by molar-refractivity contribution is 0.432. The van der Waals surface area contributed by atoms with E-state index in [0.29, 0.717) is 17.3 Å². The molecule has 1 N–H and O–H groups in total. The number of hydrogen-bond acceptors (Lipinski definition) is 5. The highest BCUT2D eigenvalue weighted by Crippen LogP contribution is 2.19. The molecule has 18 heavy (non-hydrogen) atoms. The molecule has 0 aliphatic rings. The molecule has 0 amide bonds. The molecule has 0 unspecified atom stereocenters. The normalized spacial score (nSPS) is 10.4. The van der Waals surface area contributed by atoms with Crippen LogP contribution in [0.15, 0.2) is 52.2 Å². The fraction of sp³-hybridized carbons (Fsp3) is 0. The van der Waals surface area contributed by atoms with Crippen molar-refractivity contribution >= 4 is 0 Å². The topological polar surface area (TPSA) is 84.7 Å². The summed E-state index contributed by atoms with van der Waals surface area (Å²) in [6.45, 7) is 0. The van der Waals surface area contributed by atoms with Crippen molar-refractivity contribution in [1.29, 1.82) is 0 Å². The average molecular weight is 240 g/mol. The number of pyridine rings is 2. The summed E-state index contributed by atoms with van der Waals surface area (Å²) in [6, 6.07) is 6.73. The Hall–Kier alpha value is -2.76. The number of aromatic amines is 1. The van der Waals surface area contributed by atoms with Gasteiger partial charge in [-0.2, -0.15) is 4.98 Å². The molecular formula is C12H8N4O2. The van der Waals surface area contributed by atoms with E-state index in [4.69, 9.17) is 4.52 Å². The van der Waals surface area contributed by atoms with Crippen LogP contribution in [0.25, 0.3) is 22.8 Å².